The maximum Gasteiger partial charge on any atom is 0.416 e. The number of hydrogen-bond acceptors (Lipinski definition) is 1. The summed E-state index contributed by atoms with van der Waals surface area (Å²) in [5.74, 6) is 0.213. The normalized spacial score (nSPS) is 10.5. The molecule has 0 heterocycles. The molecule has 0 aliphatic carbocycles. The molecular weight excluding hydrogens is 176 g/mol. The van der Waals surface area contributed by atoms with E-state index in [1.54, 1.807) is 0 Å². The molecule has 0 aliphatic heterocycles. The van der Waals surface area contributed by atoms with Crippen LogP contribution in [0.15, 0.2) is 24.3 Å². The molecule has 1 radical (unpaired) electrons. The van der Waals surface area contributed by atoms with Crippen LogP contribution < -0.4 is 4.74 Å². The minimum atomic E-state index is -4.30. The van der Waals surface area contributed by atoms with Crippen LogP contribution in [0.2, 0.25) is 0 Å². The molecule has 0 atom stereocenters. The number of hydrogen-bond donors (Lipinski definition) is 0. The Morgan fingerprint density at radius 3 is 2.31 bits per heavy atom. The zero-order valence-electron chi connectivity index (χ0n) is 7.35. The van der Waals surface area contributed by atoms with Gasteiger partial charge >= 0.3 is 6.18 Å². The quantitative estimate of drug-likeness (QED) is 0.607. The molecule has 0 fully saturated rings. The van der Waals surface area contributed by atoms with Crippen LogP contribution in [-0.4, -0.2) is 26.0 Å². The fourth-order valence-corrected chi connectivity index (χ4v) is 0.799. The van der Waals surface area contributed by atoms with Crippen LogP contribution in [0.1, 0.15) is 5.56 Å². The van der Waals surface area contributed by atoms with Crippen molar-refractivity contribution in [2.75, 3.05) is 7.11 Å². The summed E-state index contributed by atoms with van der Waals surface area (Å²) in [6.07, 6.45) is -4.30. The molecule has 67 valence electrons. The molecule has 1 aromatic rings. The van der Waals surface area contributed by atoms with Gasteiger partial charge in [-0.2, -0.15) is 13.2 Å². The first-order valence-corrected chi connectivity index (χ1v) is 3.25. The monoisotopic (exact) mass is 183 g/mol. The molecule has 0 aromatic heterocycles. The third kappa shape index (κ3) is 3.33. The summed E-state index contributed by atoms with van der Waals surface area (Å²) in [6, 6.07) is 4.74. The fourth-order valence-electron chi connectivity index (χ4n) is 0.799. The van der Waals surface area contributed by atoms with Gasteiger partial charge in [-0.25, -0.2) is 0 Å². The van der Waals surface area contributed by atoms with E-state index in [9.17, 15) is 13.2 Å². The summed E-state index contributed by atoms with van der Waals surface area (Å²) >= 11 is 0. The Kier molecular flexibility index (Phi) is 4.38. The Labute approximate surface area is 86.1 Å². The molecule has 1 aromatic carbocycles. The Bertz CT molecular complexity index is 272. The van der Waals surface area contributed by atoms with E-state index in [4.69, 9.17) is 0 Å². The fraction of sp³-hybridized carbons (Fsp3) is 0.250. The summed E-state index contributed by atoms with van der Waals surface area (Å²) in [6.45, 7) is 0. The van der Waals surface area contributed by atoms with E-state index < -0.39 is 11.7 Å². The summed E-state index contributed by atoms with van der Waals surface area (Å²) in [7, 11) is 1.33. The van der Waals surface area contributed by atoms with Crippen LogP contribution in [0.3, 0.4) is 0 Å². The number of rotatable bonds is 1. The van der Waals surface area contributed by atoms with Crippen LogP contribution in [0.5, 0.6) is 5.75 Å². The first-order chi connectivity index (χ1) is 5.54. The van der Waals surface area contributed by atoms with E-state index in [1.165, 1.54) is 19.2 Å². The van der Waals surface area contributed by atoms with Crippen LogP contribution in [0.4, 0.5) is 13.2 Å². The van der Waals surface area contributed by atoms with Crippen molar-refractivity contribution in [1.82, 2.24) is 0 Å². The Morgan fingerprint density at radius 2 is 1.85 bits per heavy atom. The van der Waals surface area contributed by atoms with Crippen LogP contribution in [0.25, 0.3) is 0 Å². The Morgan fingerprint density at radius 1 is 1.23 bits per heavy atom. The number of ether oxygens (including phenoxy) is 1. The second-order valence-electron chi connectivity index (χ2n) is 2.23. The predicted molar refractivity (Wildman–Crippen MR) is 43.8 cm³/mol. The first-order valence-electron chi connectivity index (χ1n) is 3.25. The predicted octanol–water partition coefficient (Wildman–Crippen LogP) is 2.33. The van der Waals surface area contributed by atoms with E-state index in [0.717, 1.165) is 12.1 Å². The van der Waals surface area contributed by atoms with Gasteiger partial charge < -0.3 is 4.74 Å². The van der Waals surface area contributed by atoms with Crippen LogP contribution in [-0.2, 0) is 6.18 Å². The number of methoxy groups -OCH3 is 1. The minimum Gasteiger partial charge on any atom is -0.497 e. The Balaban J connectivity index is 0.00000144. The zero-order chi connectivity index (χ0) is 9.19. The van der Waals surface area contributed by atoms with E-state index >= 15 is 0 Å². The second kappa shape index (κ2) is 4.59. The van der Waals surface area contributed by atoms with Crippen molar-refractivity contribution in [3.8, 4) is 5.75 Å². The summed E-state index contributed by atoms with van der Waals surface area (Å²) in [4.78, 5) is 0. The summed E-state index contributed by atoms with van der Waals surface area (Å²) in [5.41, 5.74) is -0.693. The van der Waals surface area contributed by atoms with Crippen molar-refractivity contribution in [2.24, 2.45) is 0 Å². The largest absolute Gasteiger partial charge is 0.497 e. The van der Waals surface area contributed by atoms with Crippen molar-refractivity contribution in [2.45, 2.75) is 6.18 Å². The van der Waals surface area contributed by atoms with Crippen LogP contribution in [0, 0.1) is 0 Å². The zero-order valence-corrected chi connectivity index (χ0v) is 7.35. The smallest absolute Gasteiger partial charge is 0.416 e. The van der Waals surface area contributed by atoms with Gasteiger partial charge in [0.25, 0.3) is 0 Å². The topological polar surface area (TPSA) is 9.23 Å². The van der Waals surface area contributed by atoms with Crippen molar-refractivity contribution >= 4 is 18.9 Å². The number of halogens is 3. The van der Waals surface area contributed by atoms with Crippen molar-refractivity contribution in [3.05, 3.63) is 29.8 Å². The first kappa shape index (κ1) is 12.4. The van der Waals surface area contributed by atoms with Crippen molar-refractivity contribution < 1.29 is 17.9 Å². The van der Waals surface area contributed by atoms with Crippen LogP contribution >= 0.6 is 0 Å². The second-order valence-corrected chi connectivity index (χ2v) is 2.23. The van der Waals surface area contributed by atoms with E-state index in [1.807, 2.05) is 0 Å². The molecule has 0 saturated heterocycles. The molecule has 1 nitrogen and oxygen atoms in total. The number of benzene rings is 1. The maximum absolute atomic E-state index is 12.0. The van der Waals surface area contributed by atoms with Gasteiger partial charge in [0.1, 0.15) is 5.75 Å². The van der Waals surface area contributed by atoms with Gasteiger partial charge in [-0.05, 0) is 18.2 Å². The average Bonchev–Trinajstić information content (AvgIpc) is 2.03. The van der Waals surface area contributed by atoms with Gasteiger partial charge in [-0.1, -0.05) is 6.07 Å². The molecule has 0 unspecified atom stereocenters. The van der Waals surface area contributed by atoms with Gasteiger partial charge in [0, 0.05) is 18.9 Å². The van der Waals surface area contributed by atoms with Gasteiger partial charge in [-0.3, -0.25) is 0 Å². The molecule has 0 saturated carbocycles. The molecule has 0 aliphatic rings. The van der Waals surface area contributed by atoms with Gasteiger partial charge in [0.15, 0.2) is 0 Å². The van der Waals surface area contributed by atoms with Gasteiger partial charge in [-0.15, -0.1) is 0 Å². The molecule has 0 spiro atoms. The summed E-state index contributed by atoms with van der Waals surface area (Å²) < 4.78 is 40.8. The molecule has 0 N–H and O–H groups in total. The summed E-state index contributed by atoms with van der Waals surface area (Å²) in [5, 5.41) is 0. The molecule has 5 heteroatoms. The molecule has 1 rings (SSSR count). The van der Waals surface area contributed by atoms with E-state index in [-0.39, 0.29) is 24.6 Å². The van der Waals surface area contributed by atoms with E-state index in [0.29, 0.717) is 0 Å². The SMILES string of the molecule is COc1cccc(C(F)(F)F)c1.[Li]. The molecule has 0 amide bonds. The van der Waals surface area contributed by atoms with E-state index in [2.05, 4.69) is 4.74 Å². The molecule has 0 bridgehead atoms. The third-order valence-electron chi connectivity index (χ3n) is 1.40. The molecular formula is C8H7F3LiO. The Hall–Kier alpha value is -0.593. The van der Waals surface area contributed by atoms with Gasteiger partial charge in [0.05, 0.1) is 12.7 Å². The minimum absolute atomic E-state index is 0. The maximum atomic E-state index is 12.0. The molecule has 13 heavy (non-hydrogen) atoms. The number of alkyl halides is 3. The van der Waals surface area contributed by atoms with Gasteiger partial charge in [0.2, 0.25) is 0 Å². The third-order valence-corrected chi connectivity index (χ3v) is 1.40. The standard InChI is InChI=1S/C8H7F3O.Li/c1-12-7-4-2-3-6(5-7)8(9,10)11;/h2-5H,1H3;. The van der Waals surface area contributed by atoms with Crippen molar-refractivity contribution in [3.63, 3.8) is 0 Å². The van der Waals surface area contributed by atoms with Crippen molar-refractivity contribution in [1.29, 1.82) is 0 Å². The average molecular weight is 183 g/mol.